The van der Waals surface area contributed by atoms with Crippen LogP contribution in [0.1, 0.15) is 109 Å². The molecule has 3 fully saturated rings. The van der Waals surface area contributed by atoms with Gasteiger partial charge in [0.05, 0.1) is 41.5 Å². The van der Waals surface area contributed by atoms with Gasteiger partial charge < -0.3 is 58.9 Å². The number of aliphatic hydroxyl groups is 5. The van der Waals surface area contributed by atoms with E-state index >= 15 is 0 Å². The molecule has 3 aliphatic heterocycles. The zero-order valence-electron chi connectivity index (χ0n) is 35.8. The lowest BCUT2D eigenvalue weighted by atomic mass is 9.77. The maximum atomic E-state index is 14.3. The van der Waals surface area contributed by atoms with Crippen LogP contribution in [0.15, 0.2) is 0 Å². The highest BCUT2D eigenvalue weighted by Crippen LogP contribution is 2.40. The number of aliphatic hydroxyl groups excluding tert-OH is 3. The van der Waals surface area contributed by atoms with Crippen molar-refractivity contribution in [1.82, 2.24) is 9.80 Å². The van der Waals surface area contributed by atoms with Crippen LogP contribution in [0, 0.1) is 17.8 Å². The lowest BCUT2D eigenvalue weighted by molar-refractivity contribution is -0.318. The maximum absolute atomic E-state index is 14.3. The monoisotopic (exact) mass is 777 g/mol. The molecule has 0 amide bonds. The molecule has 0 aromatic carbocycles. The molecule has 3 rings (SSSR count). The average Bonchev–Trinajstić information content (AvgIpc) is 3.08. The fraction of sp³-hybridized carbons (Fsp3) is 0.975. The van der Waals surface area contributed by atoms with E-state index < -0.39 is 96.0 Å². The Kier molecular flexibility index (Phi) is 16.4. The quantitative estimate of drug-likeness (QED) is 0.227. The number of carbonyl (C=O) groups excluding carboxylic acids is 1. The minimum atomic E-state index is -1.81. The fourth-order valence-corrected chi connectivity index (χ4v) is 9.23. The Hall–Kier alpha value is -1.01. The van der Waals surface area contributed by atoms with Gasteiger partial charge in [-0.3, -0.25) is 9.69 Å². The summed E-state index contributed by atoms with van der Waals surface area (Å²) in [6.45, 7) is 22.2. The Morgan fingerprint density at radius 2 is 1.56 bits per heavy atom. The molecule has 0 aromatic heterocycles. The molecule has 3 aliphatic rings. The second kappa shape index (κ2) is 18.7. The van der Waals surface area contributed by atoms with Gasteiger partial charge in [-0.05, 0) is 102 Å². The van der Waals surface area contributed by atoms with Crippen LogP contribution >= 0.6 is 0 Å². The minimum Gasteiger partial charge on any atom is -0.459 e. The SMILES string of the molecule is CC[C@H]1OC(=O)[C@H](C)[C@@H](O[C@H]2C[C@@](C)(OC)[C@@H](O)[C@H](C)O2)[C@H](C)[C@@H](O[C@@H]2O[C@H](C)C[C@H](N(C)C)[C@H]2O)[C@](C)(O)C[C@@H](C)CN(C(C)C)[C@H](C)[C@@H](O)[C@]1(C)O. The van der Waals surface area contributed by atoms with Crippen LogP contribution < -0.4 is 0 Å². The molecule has 3 saturated heterocycles. The van der Waals surface area contributed by atoms with E-state index in [1.54, 1.807) is 34.6 Å². The highest BCUT2D eigenvalue weighted by Gasteiger charge is 2.53. The molecule has 3 heterocycles. The smallest absolute Gasteiger partial charge is 0.311 e. The van der Waals surface area contributed by atoms with Crippen molar-refractivity contribution in [3.8, 4) is 0 Å². The van der Waals surface area contributed by atoms with Gasteiger partial charge in [-0.2, -0.15) is 0 Å². The highest BCUT2D eigenvalue weighted by atomic mass is 16.7. The Labute approximate surface area is 324 Å². The predicted octanol–water partition coefficient (Wildman–Crippen LogP) is 2.68. The number of carbonyl (C=O) groups is 1. The molecule has 5 N–H and O–H groups in total. The van der Waals surface area contributed by atoms with Crippen molar-refractivity contribution in [1.29, 1.82) is 0 Å². The minimum absolute atomic E-state index is 0.0376. The summed E-state index contributed by atoms with van der Waals surface area (Å²) >= 11 is 0. The molecule has 18 atom stereocenters. The lowest BCUT2D eigenvalue weighted by Gasteiger charge is -2.49. The van der Waals surface area contributed by atoms with Crippen molar-refractivity contribution < 1.29 is 58.7 Å². The Balaban J connectivity index is 2.21. The third-order valence-corrected chi connectivity index (χ3v) is 12.6. The first-order valence-electron chi connectivity index (χ1n) is 20.1. The summed E-state index contributed by atoms with van der Waals surface area (Å²) in [5, 5.41) is 58.8. The summed E-state index contributed by atoms with van der Waals surface area (Å²) in [6, 6.07) is -0.858. The summed E-state index contributed by atoms with van der Waals surface area (Å²) in [5.74, 6) is -2.60. The number of hydrogen-bond donors (Lipinski definition) is 5. The maximum Gasteiger partial charge on any atom is 0.311 e. The summed E-state index contributed by atoms with van der Waals surface area (Å²) in [7, 11) is 5.29. The van der Waals surface area contributed by atoms with Gasteiger partial charge >= 0.3 is 5.97 Å². The molecule has 318 valence electrons. The van der Waals surface area contributed by atoms with Crippen LogP contribution in [0.4, 0.5) is 0 Å². The predicted molar refractivity (Wildman–Crippen MR) is 203 cm³/mol. The molecule has 0 spiro atoms. The number of nitrogens with zero attached hydrogens (tertiary/aromatic N) is 2. The summed E-state index contributed by atoms with van der Waals surface area (Å²) in [5.41, 5.74) is -4.41. The molecule has 54 heavy (non-hydrogen) atoms. The summed E-state index contributed by atoms with van der Waals surface area (Å²) < 4.78 is 37.7. The fourth-order valence-electron chi connectivity index (χ4n) is 9.23. The molecule has 0 radical (unpaired) electrons. The van der Waals surface area contributed by atoms with Crippen LogP contribution in [0.25, 0.3) is 0 Å². The Bertz CT molecular complexity index is 1190. The van der Waals surface area contributed by atoms with Gasteiger partial charge in [-0.25, -0.2) is 0 Å². The third kappa shape index (κ3) is 10.5. The normalized spacial score (nSPS) is 48.3. The molecule has 14 nitrogen and oxygen atoms in total. The number of ether oxygens (including phenoxy) is 6. The van der Waals surface area contributed by atoms with Crippen LogP contribution in [0.2, 0.25) is 0 Å². The molecule has 0 aromatic rings. The second-order valence-corrected chi connectivity index (χ2v) is 18.0. The van der Waals surface area contributed by atoms with E-state index in [2.05, 4.69) is 4.90 Å². The zero-order valence-corrected chi connectivity index (χ0v) is 35.8. The van der Waals surface area contributed by atoms with Crippen LogP contribution in [-0.2, 0) is 33.2 Å². The van der Waals surface area contributed by atoms with Gasteiger partial charge in [0.25, 0.3) is 0 Å². The van der Waals surface area contributed by atoms with Crippen molar-refractivity contribution in [3.05, 3.63) is 0 Å². The van der Waals surface area contributed by atoms with Crippen LogP contribution in [0.3, 0.4) is 0 Å². The van der Waals surface area contributed by atoms with E-state index in [0.717, 1.165) is 0 Å². The number of cyclic esters (lactones) is 1. The molecular formula is C40H76N2O12. The molecular weight excluding hydrogens is 700 g/mol. The van der Waals surface area contributed by atoms with Gasteiger partial charge in [0, 0.05) is 44.1 Å². The van der Waals surface area contributed by atoms with Gasteiger partial charge in [-0.1, -0.05) is 20.8 Å². The van der Waals surface area contributed by atoms with Gasteiger partial charge in [-0.15, -0.1) is 0 Å². The lowest BCUT2D eigenvalue weighted by Crippen LogP contribution is -2.60. The topological polar surface area (TPSA) is 180 Å². The first kappa shape index (κ1) is 47.4. The molecule has 14 heteroatoms. The van der Waals surface area contributed by atoms with Crippen molar-refractivity contribution >= 4 is 5.97 Å². The zero-order chi connectivity index (χ0) is 41.2. The summed E-state index contributed by atoms with van der Waals surface area (Å²) in [4.78, 5) is 18.3. The third-order valence-electron chi connectivity index (χ3n) is 12.6. The Morgan fingerprint density at radius 1 is 0.944 bits per heavy atom. The van der Waals surface area contributed by atoms with E-state index in [-0.39, 0.29) is 43.4 Å². The van der Waals surface area contributed by atoms with Crippen molar-refractivity contribution in [2.75, 3.05) is 27.7 Å². The van der Waals surface area contributed by atoms with Crippen molar-refractivity contribution in [2.45, 2.75) is 205 Å². The first-order chi connectivity index (χ1) is 24.8. The first-order valence-corrected chi connectivity index (χ1v) is 20.1. The van der Waals surface area contributed by atoms with E-state index in [4.69, 9.17) is 28.4 Å². The molecule has 0 aliphatic carbocycles. The van der Waals surface area contributed by atoms with Gasteiger partial charge in [0.1, 0.15) is 30.0 Å². The number of esters is 1. The van der Waals surface area contributed by atoms with Gasteiger partial charge in [0.15, 0.2) is 12.6 Å². The highest BCUT2D eigenvalue weighted by molar-refractivity contribution is 5.73. The largest absolute Gasteiger partial charge is 0.459 e. The van der Waals surface area contributed by atoms with E-state index in [9.17, 15) is 30.3 Å². The van der Waals surface area contributed by atoms with E-state index in [0.29, 0.717) is 13.0 Å². The van der Waals surface area contributed by atoms with E-state index in [1.807, 2.05) is 60.5 Å². The Morgan fingerprint density at radius 3 is 2.09 bits per heavy atom. The number of hydrogen-bond acceptors (Lipinski definition) is 14. The van der Waals surface area contributed by atoms with Crippen molar-refractivity contribution in [3.63, 3.8) is 0 Å². The van der Waals surface area contributed by atoms with Crippen molar-refractivity contribution in [2.24, 2.45) is 17.8 Å². The molecule has 0 bridgehead atoms. The average molecular weight is 777 g/mol. The van der Waals surface area contributed by atoms with Gasteiger partial charge in [0.2, 0.25) is 0 Å². The number of rotatable bonds is 8. The van der Waals surface area contributed by atoms with Crippen LogP contribution in [0.5, 0.6) is 0 Å². The van der Waals surface area contributed by atoms with E-state index in [1.165, 1.54) is 14.0 Å². The summed E-state index contributed by atoms with van der Waals surface area (Å²) in [6.07, 6.45) is -8.25. The molecule has 0 unspecified atom stereocenters. The molecule has 0 saturated carbocycles. The van der Waals surface area contributed by atoms with Crippen LogP contribution in [-0.4, -0.2) is 165 Å². The number of methoxy groups -OCH3 is 1. The number of likely N-dealkylation sites (N-methyl/N-ethyl adjacent to an activating group) is 1. The second-order valence-electron chi connectivity index (χ2n) is 18.0. The standard InChI is InChI=1S/C40H76N2O12/c1-16-29-40(12,48)33(44)26(8)42(21(2)3)20-22(4)18-38(10,47)35(54-37-31(43)28(41(13)14)17-23(5)50-37)24(6)32(25(7)36(46)52-29)53-30-19-39(11,49-15)34(45)27(9)51-30/h21-35,37,43-45,47-48H,16-20H2,1-15H3/t22-,23-,24+,25-,26-,27+,28+,29-,30+,31-,32+,33-,34+,35-,37+,38-,39-,40-/m1/s1.